The Morgan fingerprint density at radius 1 is 1.16 bits per heavy atom. The number of fused-ring (bicyclic) bond motifs is 1. The van der Waals surface area contributed by atoms with Crippen molar-refractivity contribution >= 4 is 17.5 Å². The summed E-state index contributed by atoms with van der Waals surface area (Å²) in [7, 11) is 0. The van der Waals surface area contributed by atoms with Crippen LogP contribution in [0.4, 0.5) is 0 Å². The maximum atomic E-state index is 12.5. The van der Waals surface area contributed by atoms with Gasteiger partial charge in [0.05, 0.1) is 12.2 Å². The van der Waals surface area contributed by atoms with Crippen molar-refractivity contribution in [2.75, 3.05) is 6.26 Å². The normalized spacial score (nSPS) is 43.1. The van der Waals surface area contributed by atoms with Gasteiger partial charge in [-0.25, -0.2) is 0 Å². The lowest BCUT2D eigenvalue weighted by molar-refractivity contribution is -0.139. The van der Waals surface area contributed by atoms with Crippen molar-refractivity contribution in [2.24, 2.45) is 17.3 Å². The molecule has 4 nitrogen and oxygen atoms in total. The lowest BCUT2D eigenvalue weighted by Gasteiger charge is -2.35. The molecular weight excluding hydrogens is 264 g/mol. The molecule has 0 aromatic rings. The summed E-state index contributed by atoms with van der Waals surface area (Å²) in [6, 6.07) is 0. The lowest BCUT2D eigenvalue weighted by Crippen LogP contribution is -2.44. The first-order chi connectivity index (χ1) is 8.75. The molecule has 0 spiro atoms. The zero-order valence-electron chi connectivity index (χ0n) is 12.0. The van der Waals surface area contributed by atoms with Crippen molar-refractivity contribution < 1.29 is 19.7 Å². The highest BCUT2D eigenvalue weighted by atomic mass is 32.2. The molecule has 2 rings (SSSR count). The Morgan fingerprint density at radius 3 is 2.16 bits per heavy atom. The van der Waals surface area contributed by atoms with Gasteiger partial charge >= 0.3 is 0 Å². The van der Waals surface area contributed by atoms with Gasteiger partial charge in [0.15, 0.2) is 5.78 Å². The van der Waals surface area contributed by atoms with Gasteiger partial charge in [-0.2, -0.15) is 0 Å². The summed E-state index contributed by atoms with van der Waals surface area (Å²) in [6.07, 6.45) is 1.07. The third-order valence-electron chi connectivity index (χ3n) is 4.27. The van der Waals surface area contributed by atoms with Crippen molar-refractivity contribution in [2.45, 2.75) is 57.4 Å². The van der Waals surface area contributed by atoms with E-state index in [2.05, 4.69) is 0 Å². The Balaban J connectivity index is 2.21. The van der Waals surface area contributed by atoms with Gasteiger partial charge in [0.2, 0.25) is 0 Å². The molecule has 0 radical (unpaired) electrons. The van der Waals surface area contributed by atoms with E-state index in [0.29, 0.717) is 12.8 Å². The van der Waals surface area contributed by atoms with E-state index in [4.69, 9.17) is 4.74 Å². The van der Waals surface area contributed by atoms with E-state index in [1.807, 2.05) is 27.0 Å². The monoisotopic (exact) mass is 288 g/mol. The number of thioether (sulfide) groups is 1. The minimum absolute atomic E-state index is 0.0302. The average molecular weight is 288 g/mol. The topological polar surface area (TPSA) is 66.8 Å². The third-order valence-corrected chi connectivity index (χ3v) is 5.20. The van der Waals surface area contributed by atoms with Crippen LogP contribution in [0.1, 0.15) is 33.6 Å². The second kappa shape index (κ2) is 5.35. The second-order valence-corrected chi connectivity index (χ2v) is 7.64. The predicted molar refractivity (Wildman–Crippen MR) is 74.9 cm³/mol. The van der Waals surface area contributed by atoms with Crippen LogP contribution in [0.5, 0.6) is 0 Å². The number of aliphatic hydroxyl groups is 2. The maximum absolute atomic E-state index is 12.5. The molecule has 1 saturated carbocycles. The Bertz CT molecular complexity index is 352. The largest absolute Gasteiger partial charge is 0.390 e. The van der Waals surface area contributed by atoms with Crippen molar-refractivity contribution in [3.8, 4) is 0 Å². The average Bonchev–Trinajstić information content (AvgIpc) is 2.65. The van der Waals surface area contributed by atoms with Crippen LogP contribution >= 0.6 is 11.8 Å². The van der Waals surface area contributed by atoms with E-state index < -0.39 is 23.7 Å². The van der Waals surface area contributed by atoms with Gasteiger partial charge in [-0.1, -0.05) is 20.8 Å². The van der Waals surface area contributed by atoms with Crippen molar-refractivity contribution in [1.82, 2.24) is 0 Å². The van der Waals surface area contributed by atoms with Crippen LogP contribution in [0, 0.1) is 17.3 Å². The molecular formula is C14H24O4S. The van der Waals surface area contributed by atoms with Crippen LogP contribution in [-0.4, -0.2) is 46.0 Å². The van der Waals surface area contributed by atoms with Crippen LogP contribution in [0.2, 0.25) is 0 Å². The standard InChI is InChI=1S/C14H24O4S/c1-14(2,3)12(17)11-7-5-9(15)10(16)6-8(7)13(18-11)19-4/h7-11,13,15-16H,5-6H2,1-4H3. The number of hydrogen-bond acceptors (Lipinski definition) is 5. The van der Waals surface area contributed by atoms with E-state index in [1.165, 1.54) is 0 Å². The molecule has 19 heavy (non-hydrogen) atoms. The fraction of sp³-hybridized carbons (Fsp3) is 0.929. The van der Waals surface area contributed by atoms with Gasteiger partial charge in [0.1, 0.15) is 11.5 Å². The number of Topliss-reactive ketones (excluding diaryl/α,β-unsaturated/α-hetero) is 1. The predicted octanol–water partition coefficient (Wildman–Crippen LogP) is 1.44. The molecule has 2 aliphatic rings. The summed E-state index contributed by atoms with van der Waals surface area (Å²) >= 11 is 1.59. The molecule has 1 heterocycles. The van der Waals surface area contributed by atoms with Crippen LogP contribution in [-0.2, 0) is 9.53 Å². The Kier molecular flexibility index (Phi) is 4.31. The zero-order chi connectivity index (χ0) is 14.4. The summed E-state index contributed by atoms with van der Waals surface area (Å²) < 4.78 is 5.93. The Morgan fingerprint density at radius 2 is 1.68 bits per heavy atom. The van der Waals surface area contributed by atoms with Gasteiger partial charge in [0, 0.05) is 17.3 Å². The van der Waals surface area contributed by atoms with Gasteiger partial charge in [-0.3, -0.25) is 4.79 Å². The fourth-order valence-corrected chi connectivity index (χ4v) is 4.04. The fourth-order valence-electron chi connectivity index (χ4n) is 3.14. The summed E-state index contributed by atoms with van der Waals surface area (Å²) in [4.78, 5) is 12.5. The van der Waals surface area contributed by atoms with Crippen LogP contribution in [0.25, 0.3) is 0 Å². The molecule has 5 heteroatoms. The number of ether oxygens (including phenoxy) is 1. The second-order valence-electron chi connectivity index (χ2n) is 6.71. The Hall–Kier alpha value is -0.100. The van der Waals surface area contributed by atoms with Crippen LogP contribution in [0.15, 0.2) is 0 Å². The molecule has 110 valence electrons. The van der Waals surface area contributed by atoms with Crippen LogP contribution < -0.4 is 0 Å². The van der Waals surface area contributed by atoms with Gasteiger partial charge in [-0.05, 0) is 19.1 Å². The smallest absolute Gasteiger partial charge is 0.167 e. The summed E-state index contributed by atoms with van der Waals surface area (Å²) in [6.45, 7) is 5.69. The van der Waals surface area contributed by atoms with Crippen LogP contribution in [0.3, 0.4) is 0 Å². The number of carbonyl (C=O) groups excluding carboxylic acids is 1. The molecule has 6 atom stereocenters. The van der Waals surface area contributed by atoms with Gasteiger partial charge in [-0.15, -0.1) is 11.8 Å². The SMILES string of the molecule is CSC1OC(C(=O)C(C)(C)C)C2CC(O)C(O)CC12. The summed E-state index contributed by atoms with van der Waals surface area (Å²) in [5, 5.41) is 19.7. The molecule has 0 aromatic heterocycles. The zero-order valence-corrected chi connectivity index (χ0v) is 12.8. The molecule has 1 aliphatic heterocycles. The molecule has 0 bridgehead atoms. The molecule has 0 aromatic carbocycles. The van der Waals surface area contributed by atoms with E-state index >= 15 is 0 Å². The first-order valence-electron chi connectivity index (χ1n) is 6.84. The van der Waals surface area contributed by atoms with Gasteiger partial charge < -0.3 is 14.9 Å². The molecule has 2 N–H and O–H groups in total. The van der Waals surface area contributed by atoms with E-state index in [9.17, 15) is 15.0 Å². The summed E-state index contributed by atoms with van der Waals surface area (Å²) in [5.41, 5.74) is -0.493. The molecule has 1 aliphatic carbocycles. The van der Waals surface area contributed by atoms with E-state index in [0.717, 1.165) is 0 Å². The van der Waals surface area contributed by atoms with E-state index in [-0.39, 0.29) is 23.1 Å². The maximum Gasteiger partial charge on any atom is 0.167 e. The third kappa shape index (κ3) is 2.84. The highest BCUT2D eigenvalue weighted by Crippen LogP contribution is 2.47. The number of hydrogen-bond donors (Lipinski definition) is 2. The quantitative estimate of drug-likeness (QED) is 0.805. The number of rotatable bonds is 2. The highest BCUT2D eigenvalue weighted by molar-refractivity contribution is 7.99. The summed E-state index contributed by atoms with van der Waals surface area (Å²) in [5.74, 6) is 0.287. The van der Waals surface area contributed by atoms with Crippen molar-refractivity contribution in [1.29, 1.82) is 0 Å². The van der Waals surface area contributed by atoms with E-state index in [1.54, 1.807) is 11.8 Å². The first kappa shape index (κ1) is 15.3. The lowest BCUT2D eigenvalue weighted by atomic mass is 9.72. The van der Waals surface area contributed by atoms with Crippen molar-refractivity contribution in [3.63, 3.8) is 0 Å². The molecule has 2 fully saturated rings. The highest BCUT2D eigenvalue weighted by Gasteiger charge is 2.53. The number of carbonyl (C=O) groups is 1. The minimum Gasteiger partial charge on any atom is -0.390 e. The molecule has 1 saturated heterocycles. The minimum atomic E-state index is -0.735. The number of ketones is 1. The molecule has 0 amide bonds. The van der Waals surface area contributed by atoms with Crippen molar-refractivity contribution in [3.05, 3.63) is 0 Å². The molecule has 6 unspecified atom stereocenters. The first-order valence-corrected chi connectivity index (χ1v) is 8.13. The number of aliphatic hydroxyl groups excluding tert-OH is 2. The Labute approximate surface area is 118 Å². The van der Waals surface area contributed by atoms with Gasteiger partial charge in [0.25, 0.3) is 0 Å².